The number of hydrogen-bond donors (Lipinski definition) is 38. The summed E-state index contributed by atoms with van der Waals surface area (Å²) in [4.78, 5) is 77.0. The summed E-state index contributed by atoms with van der Waals surface area (Å²) in [6, 6.07) is -9.70. The molecule has 38 N–H and O–H groups in total. The molecule has 0 aromatic rings. The van der Waals surface area contributed by atoms with Crippen LogP contribution >= 0.6 is 0 Å². The Bertz CT molecular complexity index is 3970. The maximum atomic E-state index is 13.3. The summed E-state index contributed by atoms with van der Waals surface area (Å²) in [6.07, 6.45) is -111. The zero-order chi connectivity index (χ0) is 106. The Hall–Kier alpha value is -5.26. The quantitative estimate of drug-likeness (QED) is 0.0270. The Morgan fingerprint density at radius 2 is 0.636 bits per heavy atom. The highest BCUT2D eigenvalue weighted by atomic mass is 16.8. The van der Waals surface area contributed by atoms with Crippen LogP contribution in [0.1, 0.15) is 41.0 Å². The number of carboxylic acids is 1. The van der Waals surface area contributed by atoms with Crippen molar-refractivity contribution in [3.63, 3.8) is 0 Å². The first-order valence-electron chi connectivity index (χ1n) is 45.2. The Balaban J connectivity index is 0.963. The molecule has 10 aliphatic rings. The zero-order valence-electron chi connectivity index (χ0n) is 76.7. The molecular formula is C79H133N5O59. The Morgan fingerprint density at radius 3 is 1.03 bits per heavy atom. The first kappa shape index (κ1) is 120. The zero-order valence-corrected chi connectivity index (χ0v) is 76.7. The van der Waals surface area contributed by atoms with Crippen molar-refractivity contribution in [1.29, 1.82) is 0 Å². The molecule has 10 rings (SSSR count). The van der Waals surface area contributed by atoms with E-state index in [1.165, 1.54) is 0 Å². The van der Waals surface area contributed by atoms with Crippen LogP contribution in [-0.4, -0.2) is 620 Å². The summed E-state index contributed by atoms with van der Waals surface area (Å²) >= 11 is 0. The molecule has 0 aromatic heterocycles. The standard InChI is InChI=1S/C79H133N5O59/c1-19(95)80-24(7-85)41(103)60(27(102)9-87)135-69-38(82-21(3)97)49(111)63(33(15-93)130-69)138-75-59(121)66(48(110)35(133-75)17-124-76-67(54(116)44(106)29(11-89)128-76)141-70-39(83-22(4)98)51(113)62(34(16-94)131-70)137-74-58(120)65(47(109)31(13-91)127-74)139-72-56(118)52(114)43(105)28(10-88)126-72)140-77-68(55(117)45(107)30(12-90)129-77)142-71-40(84-23(5)99)50(112)61(32(14-92)132-71)136-73-57(119)53(115)46(108)36(134-73)18-125-79(78(122)123)6-25(100)37(81-20(2)96)64(143-79)42(104)26(101)8-86/h24-77,85-94,100-121H,6-18H2,1-5H3,(H,80,95)(H,81,96)(H,82,97)(H,83,98)(H,84,99)(H,122,123)/t24-,25-,26+,27+,28+,29+,30+,31+,32+,33+,34+,35+,36+,37+,38+,39+,40+,41+,42+,43-,44+,45+,46-,47-,48+,49+,50+,51+,52-,53-,54-,55-,56+,57+,58+,59-,60+,61+,62+,63+,64+,65-,66-,67-,68-,69-,70-,71-,72-,73-,74-,75-,76-,77+,79+/m0/s1. The van der Waals surface area contributed by atoms with Crippen molar-refractivity contribution >= 4 is 35.5 Å². The fourth-order valence-electron chi connectivity index (χ4n) is 18.0. The maximum Gasteiger partial charge on any atom is 0.364 e. The molecule has 0 bridgehead atoms. The lowest BCUT2D eigenvalue weighted by Crippen LogP contribution is -2.70. The van der Waals surface area contributed by atoms with Gasteiger partial charge < -0.3 is 290 Å². The van der Waals surface area contributed by atoms with Crippen LogP contribution in [0.25, 0.3) is 0 Å². The minimum absolute atomic E-state index is 0.841. The molecule has 55 atom stereocenters. The number of hydrogen-bond acceptors (Lipinski definition) is 58. The summed E-state index contributed by atoms with van der Waals surface area (Å²) in [5, 5.41) is 380. The van der Waals surface area contributed by atoms with E-state index < -0.39 is 458 Å². The van der Waals surface area contributed by atoms with Crippen molar-refractivity contribution in [3.8, 4) is 0 Å². The summed E-state index contributed by atoms with van der Waals surface area (Å²) in [7, 11) is 0. The molecule has 0 radical (unpaired) electrons. The molecule has 0 unspecified atom stereocenters. The van der Waals surface area contributed by atoms with Crippen LogP contribution in [0.4, 0.5) is 0 Å². The van der Waals surface area contributed by atoms with Crippen molar-refractivity contribution < 1.29 is 292 Å². The number of ether oxygens (including phenoxy) is 20. The van der Waals surface area contributed by atoms with Crippen LogP contribution in [-0.2, 0) is 124 Å². The third-order valence-corrected chi connectivity index (χ3v) is 25.6. The summed E-state index contributed by atoms with van der Waals surface area (Å²) < 4.78 is 119. The average Bonchev–Trinajstić information content (AvgIpc) is 0.765. The second-order valence-electron chi connectivity index (χ2n) is 35.7. The lowest BCUT2D eigenvalue weighted by molar-refractivity contribution is -0.399. The predicted octanol–water partition coefficient (Wildman–Crippen LogP) is -25.4. The van der Waals surface area contributed by atoms with E-state index in [0.29, 0.717) is 0 Å². The van der Waals surface area contributed by atoms with Gasteiger partial charge in [0.25, 0.3) is 5.79 Å². The molecule has 64 heteroatoms. The molecule has 10 heterocycles. The summed E-state index contributed by atoms with van der Waals surface area (Å²) in [5.74, 6) is -10.1. The number of carbonyl (C=O) groups is 6. The molecule has 0 saturated carbocycles. The Kier molecular flexibility index (Phi) is 44.0. The number of rotatable bonds is 43. The third kappa shape index (κ3) is 27.3. The van der Waals surface area contributed by atoms with Crippen LogP contribution < -0.4 is 26.6 Å². The number of nitrogens with one attached hydrogen (secondary N) is 5. The molecule has 828 valence electrons. The van der Waals surface area contributed by atoms with Crippen LogP contribution in [0.15, 0.2) is 0 Å². The molecule has 5 amide bonds. The monoisotopic (exact) mass is 2100 g/mol. The topological polar surface area (TPSA) is 1010 Å². The number of amides is 5. The number of carboxylic acid groups (broad SMARTS) is 1. The molecule has 0 spiro atoms. The van der Waals surface area contributed by atoms with E-state index >= 15 is 0 Å². The van der Waals surface area contributed by atoms with Gasteiger partial charge in [-0.05, 0) is 0 Å². The van der Waals surface area contributed by atoms with E-state index in [9.17, 15) is 197 Å². The normalized spacial score (nSPS) is 45.5. The van der Waals surface area contributed by atoms with E-state index in [1.807, 2.05) is 0 Å². The van der Waals surface area contributed by atoms with Crippen molar-refractivity contribution in [3.05, 3.63) is 0 Å². The van der Waals surface area contributed by atoms with Gasteiger partial charge in [-0.2, -0.15) is 0 Å². The van der Waals surface area contributed by atoms with E-state index in [0.717, 1.165) is 34.6 Å². The van der Waals surface area contributed by atoms with Crippen LogP contribution in [0.2, 0.25) is 0 Å². The van der Waals surface area contributed by atoms with Gasteiger partial charge in [0.05, 0.1) is 97.5 Å². The number of aliphatic hydroxyl groups excluding tert-OH is 32. The van der Waals surface area contributed by atoms with Crippen LogP contribution in [0.3, 0.4) is 0 Å². The molecule has 0 aliphatic carbocycles. The van der Waals surface area contributed by atoms with E-state index in [1.54, 1.807) is 0 Å². The van der Waals surface area contributed by atoms with Crippen LogP contribution in [0.5, 0.6) is 0 Å². The number of aliphatic carboxylic acids is 1. The molecule has 10 saturated heterocycles. The highest BCUT2D eigenvalue weighted by Gasteiger charge is 2.64. The van der Waals surface area contributed by atoms with Gasteiger partial charge in [0.15, 0.2) is 56.6 Å². The van der Waals surface area contributed by atoms with Crippen molar-refractivity contribution in [2.75, 3.05) is 79.3 Å². The maximum absolute atomic E-state index is 13.3. The van der Waals surface area contributed by atoms with Gasteiger partial charge in [-0.3, -0.25) is 24.0 Å². The predicted molar refractivity (Wildman–Crippen MR) is 440 cm³/mol. The highest BCUT2D eigenvalue weighted by molar-refractivity contribution is 5.77. The molecule has 143 heavy (non-hydrogen) atoms. The van der Waals surface area contributed by atoms with Gasteiger partial charge in [-0.15, -0.1) is 0 Å². The van der Waals surface area contributed by atoms with E-state index in [4.69, 9.17) is 94.7 Å². The second kappa shape index (κ2) is 52.7. The minimum atomic E-state index is -3.13. The average molecular weight is 2100 g/mol. The van der Waals surface area contributed by atoms with E-state index in [2.05, 4.69) is 26.6 Å². The van der Waals surface area contributed by atoms with Crippen molar-refractivity contribution in [2.24, 2.45) is 0 Å². The summed E-state index contributed by atoms with van der Waals surface area (Å²) in [6.45, 7) is -10.1. The van der Waals surface area contributed by atoms with Crippen molar-refractivity contribution in [2.45, 2.75) is 378 Å². The molecule has 64 nitrogen and oxygen atoms in total. The molecule has 10 aliphatic heterocycles. The highest BCUT2D eigenvalue weighted by Crippen LogP contribution is 2.43. The lowest BCUT2D eigenvalue weighted by Gasteiger charge is -2.51. The largest absolute Gasteiger partial charge is 0.477 e. The SMILES string of the molecule is CC(=O)N[C@H]1[C@H](O[C@@H]([C@H](O)[C@H](CO)NC(C)=O)[C@H](O)CO)O[C@H](CO)[C@@H](O[C@@H]2O[C@H](CO[C@H]3O[C@H](CO)[C@@H](O)[C@H](O)[C@@H]3O[C@@H]3O[C@H](CO)[C@@H](O[C@@H]4O[C@H](CO)[C@H](O)[C@H](O[C@@H]5O[C@H](CO)[C@H](O)[C@H](O)[C@H]5O)[C@H]4O)[C@H](O)[C@H]3NC(C)=O)[C@@H](O)[C@H](O[C@H]3O[C@H](CO)[C@@H](O)[C@H](O)[C@@H]3O[C@@H]3O[C@H](CO)[C@@H](O[C@@H]4O[C@H](CO[C@]5(C(=O)O)C[C@H](O)[C@@H](NC(C)=O)[C@H]([C@H](O)[C@H](O)CO)O5)[C@H](O)[C@H](O)[C@H]4O)[C@H](O)[C@H]3NC(C)=O)[C@@H]2O)[C@@H]1O. The molecule has 10 fully saturated rings. The van der Waals surface area contributed by atoms with E-state index in [-0.39, 0.29) is 0 Å². The minimum Gasteiger partial charge on any atom is -0.477 e. The molecule has 0 aromatic carbocycles. The van der Waals surface area contributed by atoms with Gasteiger partial charge in [0, 0.05) is 41.0 Å². The lowest BCUT2D eigenvalue weighted by atomic mass is 9.88. The first-order valence-corrected chi connectivity index (χ1v) is 45.2. The fraction of sp³-hybridized carbons (Fsp3) is 0.924. The third-order valence-electron chi connectivity index (χ3n) is 25.6. The smallest absolute Gasteiger partial charge is 0.364 e. The summed E-state index contributed by atoms with van der Waals surface area (Å²) in [5.41, 5.74) is 0. The molecular weight excluding hydrogens is 1960 g/mol. The number of carbonyl (C=O) groups excluding carboxylic acids is 5. The van der Waals surface area contributed by atoms with Gasteiger partial charge >= 0.3 is 5.97 Å². The van der Waals surface area contributed by atoms with Crippen LogP contribution in [0, 0.1) is 0 Å². The Labute approximate surface area is 808 Å². The van der Waals surface area contributed by atoms with Gasteiger partial charge in [0.1, 0.15) is 256 Å². The van der Waals surface area contributed by atoms with Gasteiger partial charge in [-0.25, -0.2) is 4.79 Å². The van der Waals surface area contributed by atoms with Gasteiger partial charge in [0.2, 0.25) is 29.5 Å². The van der Waals surface area contributed by atoms with Crippen molar-refractivity contribution in [1.82, 2.24) is 26.6 Å². The first-order chi connectivity index (χ1) is 67.5. The number of aliphatic hydroxyl groups is 32. The fourth-order valence-corrected chi connectivity index (χ4v) is 18.0. The Morgan fingerprint density at radius 1 is 0.315 bits per heavy atom. The van der Waals surface area contributed by atoms with Gasteiger partial charge in [-0.1, -0.05) is 0 Å². The second-order valence-corrected chi connectivity index (χ2v) is 35.7.